The van der Waals surface area contributed by atoms with Crippen LogP contribution >= 0.6 is 0 Å². The Balaban J connectivity index is 2.21. The quantitative estimate of drug-likeness (QED) is 0.637. The highest BCUT2D eigenvalue weighted by atomic mass is 16.6. The van der Waals surface area contributed by atoms with Crippen LogP contribution in [-0.4, -0.2) is 35.4 Å². The van der Waals surface area contributed by atoms with Crippen LogP contribution in [0.4, 0.5) is 5.69 Å². The third-order valence-electron chi connectivity index (χ3n) is 3.12. The van der Waals surface area contributed by atoms with E-state index in [-0.39, 0.29) is 18.1 Å². The van der Waals surface area contributed by atoms with Gasteiger partial charge in [-0.15, -0.1) is 0 Å². The second-order valence-electron chi connectivity index (χ2n) is 4.41. The maximum atomic E-state index is 11.7. The SMILES string of the molecule is CN1CCC(Oc2ccc([N+](=O)[O-])cc2CN)C1=O. The Morgan fingerprint density at radius 2 is 2.32 bits per heavy atom. The molecule has 7 nitrogen and oxygen atoms in total. The number of amides is 1. The van der Waals surface area contributed by atoms with Crippen molar-refractivity contribution < 1.29 is 14.5 Å². The van der Waals surface area contributed by atoms with Gasteiger partial charge in [-0.2, -0.15) is 0 Å². The number of carbonyl (C=O) groups excluding carboxylic acids is 1. The van der Waals surface area contributed by atoms with Gasteiger partial charge >= 0.3 is 0 Å². The standard InChI is InChI=1S/C12H15N3O4/c1-14-5-4-11(12(14)16)19-10-3-2-9(15(17)18)6-8(10)7-13/h2-3,6,11H,4-5,7,13H2,1H3. The van der Waals surface area contributed by atoms with E-state index >= 15 is 0 Å². The van der Waals surface area contributed by atoms with Crippen molar-refractivity contribution in [2.45, 2.75) is 19.1 Å². The lowest BCUT2D eigenvalue weighted by Crippen LogP contribution is -2.29. The second kappa shape index (κ2) is 5.23. The van der Waals surface area contributed by atoms with E-state index in [9.17, 15) is 14.9 Å². The lowest BCUT2D eigenvalue weighted by atomic mass is 10.1. The molecule has 0 aliphatic carbocycles. The number of likely N-dealkylation sites (N-methyl/N-ethyl adjacent to an activating group) is 1. The summed E-state index contributed by atoms with van der Waals surface area (Å²) in [4.78, 5) is 23.5. The van der Waals surface area contributed by atoms with E-state index in [1.807, 2.05) is 0 Å². The first-order valence-electron chi connectivity index (χ1n) is 5.92. The average Bonchev–Trinajstić information content (AvgIpc) is 2.71. The monoisotopic (exact) mass is 265 g/mol. The van der Waals surface area contributed by atoms with Crippen molar-refractivity contribution in [1.82, 2.24) is 4.90 Å². The molecule has 1 saturated heterocycles. The zero-order chi connectivity index (χ0) is 14.0. The van der Waals surface area contributed by atoms with Gasteiger partial charge in [0.05, 0.1) is 4.92 Å². The minimum absolute atomic E-state index is 0.0392. The largest absolute Gasteiger partial charge is 0.480 e. The predicted octanol–water partition coefficient (Wildman–Crippen LogP) is 0.663. The van der Waals surface area contributed by atoms with Crippen LogP contribution in [0.25, 0.3) is 0 Å². The highest BCUT2D eigenvalue weighted by molar-refractivity contribution is 5.83. The fourth-order valence-corrected chi connectivity index (χ4v) is 2.01. The number of carbonyl (C=O) groups is 1. The molecule has 1 aromatic rings. The number of nitrogens with zero attached hydrogens (tertiary/aromatic N) is 2. The van der Waals surface area contributed by atoms with Crippen molar-refractivity contribution in [3.63, 3.8) is 0 Å². The zero-order valence-electron chi connectivity index (χ0n) is 10.5. The van der Waals surface area contributed by atoms with Crippen molar-refractivity contribution in [2.24, 2.45) is 5.73 Å². The Kier molecular flexibility index (Phi) is 3.66. The molecule has 1 amide bonds. The summed E-state index contributed by atoms with van der Waals surface area (Å²) in [5.41, 5.74) is 6.04. The molecule has 1 heterocycles. The molecule has 2 N–H and O–H groups in total. The van der Waals surface area contributed by atoms with Gasteiger partial charge in [0, 0.05) is 44.3 Å². The third kappa shape index (κ3) is 2.65. The summed E-state index contributed by atoms with van der Waals surface area (Å²) in [6, 6.07) is 4.21. The van der Waals surface area contributed by atoms with Crippen molar-refractivity contribution in [3.05, 3.63) is 33.9 Å². The molecule has 1 unspecified atom stereocenters. The fraction of sp³-hybridized carbons (Fsp3) is 0.417. The van der Waals surface area contributed by atoms with Gasteiger partial charge in [-0.1, -0.05) is 0 Å². The first-order chi connectivity index (χ1) is 9.02. The van der Waals surface area contributed by atoms with Crippen LogP contribution in [-0.2, 0) is 11.3 Å². The number of non-ortho nitro benzene ring substituents is 1. The Hall–Kier alpha value is -2.15. The van der Waals surface area contributed by atoms with Gasteiger partial charge in [0.2, 0.25) is 0 Å². The number of hydrogen-bond acceptors (Lipinski definition) is 5. The van der Waals surface area contributed by atoms with Crippen LogP contribution < -0.4 is 10.5 Å². The maximum absolute atomic E-state index is 11.7. The number of likely N-dealkylation sites (tertiary alicyclic amines) is 1. The van der Waals surface area contributed by atoms with E-state index in [1.54, 1.807) is 11.9 Å². The summed E-state index contributed by atoms with van der Waals surface area (Å²) in [6.07, 6.45) is 0.0767. The van der Waals surface area contributed by atoms with Gasteiger partial charge in [-0.05, 0) is 6.07 Å². The molecule has 0 aromatic heterocycles. The molecule has 1 fully saturated rings. The lowest BCUT2D eigenvalue weighted by Gasteiger charge is -2.15. The Morgan fingerprint density at radius 3 is 2.84 bits per heavy atom. The number of nitrogens with two attached hydrogens (primary N) is 1. The zero-order valence-corrected chi connectivity index (χ0v) is 10.5. The van der Waals surface area contributed by atoms with Gasteiger partial charge in [0.1, 0.15) is 5.75 Å². The normalized spacial score (nSPS) is 18.7. The average molecular weight is 265 g/mol. The lowest BCUT2D eigenvalue weighted by molar-refractivity contribution is -0.384. The Labute approximate surface area is 110 Å². The van der Waals surface area contributed by atoms with Gasteiger partial charge in [0.15, 0.2) is 6.10 Å². The summed E-state index contributed by atoms with van der Waals surface area (Å²) < 4.78 is 5.62. The molecule has 0 saturated carbocycles. The van der Waals surface area contributed by atoms with Gasteiger partial charge in [-0.3, -0.25) is 14.9 Å². The number of ether oxygens (including phenoxy) is 1. The number of hydrogen-bond donors (Lipinski definition) is 1. The molecule has 7 heteroatoms. The molecule has 0 bridgehead atoms. The summed E-state index contributed by atoms with van der Waals surface area (Å²) in [7, 11) is 1.71. The summed E-state index contributed by atoms with van der Waals surface area (Å²) in [6.45, 7) is 0.766. The van der Waals surface area contributed by atoms with Crippen molar-refractivity contribution >= 4 is 11.6 Å². The molecule has 1 atom stereocenters. The van der Waals surface area contributed by atoms with Gasteiger partial charge in [-0.25, -0.2) is 0 Å². The second-order valence-corrected chi connectivity index (χ2v) is 4.41. The van der Waals surface area contributed by atoms with Crippen LogP contribution in [0.5, 0.6) is 5.75 Å². The minimum Gasteiger partial charge on any atom is -0.480 e. The highest BCUT2D eigenvalue weighted by Gasteiger charge is 2.31. The highest BCUT2D eigenvalue weighted by Crippen LogP contribution is 2.26. The third-order valence-corrected chi connectivity index (χ3v) is 3.12. The molecule has 2 rings (SSSR count). The number of nitro benzene ring substituents is 1. The summed E-state index contributed by atoms with van der Waals surface area (Å²) >= 11 is 0. The minimum atomic E-state index is -0.531. The molecule has 102 valence electrons. The van der Waals surface area contributed by atoms with E-state index in [0.29, 0.717) is 24.3 Å². The van der Waals surface area contributed by atoms with E-state index in [0.717, 1.165) is 0 Å². The van der Waals surface area contributed by atoms with E-state index in [2.05, 4.69) is 0 Å². The molecule has 1 aliphatic rings. The van der Waals surface area contributed by atoms with Crippen LogP contribution in [0.2, 0.25) is 0 Å². The smallest absolute Gasteiger partial charge is 0.270 e. The van der Waals surface area contributed by atoms with Gasteiger partial charge < -0.3 is 15.4 Å². The van der Waals surface area contributed by atoms with Gasteiger partial charge in [0.25, 0.3) is 11.6 Å². The fourth-order valence-electron chi connectivity index (χ4n) is 2.01. The molecule has 0 radical (unpaired) electrons. The maximum Gasteiger partial charge on any atom is 0.270 e. The van der Waals surface area contributed by atoms with Crippen LogP contribution in [0.15, 0.2) is 18.2 Å². The summed E-state index contributed by atoms with van der Waals surface area (Å²) in [5.74, 6) is 0.350. The van der Waals surface area contributed by atoms with Crippen molar-refractivity contribution in [3.8, 4) is 5.75 Å². The molecule has 0 spiro atoms. The van der Waals surface area contributed by atoms with Crippen molar-refractivity contribution in [1.29, 1.82) is 0 Å². The topological polar surface area (TPSA) is 98.7 Å². The molecule has 19 heavy (non-hydrogen) atoms. The van der Waals surface area contributed by atoms with Crippen LogP contribution in [0.3, 0.4) is 0 Å². The molecular weight excluding hydrogens is 250 g/mol. The Bertz CT molecular complexity index is 518. The predicted molar refractivity (Wildman–Crippen MR) is 67.7 cm³/mol. The van der Waals surface area contributed by atoms with E-state index in [4.69, 9.17) is 10.5 Å². The first kappa shape index (κ1) is 13.3. The first-order valence-corrected chi connectivity index (χ1v) is 5.92. The van der Waals surface area contributed by atoms with Crippen LogP contribution in [0.1, 0.15) is 12.0 Å². The number of benzene rings is 1. The molecular formula is C12H15N3O4. The van der Waals surface area contributed by atoms with E-state index in [1.165, 1.54) is 18.2 Å². The summed E-state index contributed by atoms with van der Waals surface area (Å²) in [5, 5.41) is 10.7. The van der Waals surface area contributed by atoms with Crippen molar-refractivity contribution in [2.75, 3.05) is 13.6 Å². The van der Waals surface area contributed by atoms with E-state index < -0.39 is 11.0 Å². The van der Waals surface area contributed by atoms with Crippen LogP contribution in [0, 0.1) is 10.1 Å². The molecule has 1 aliphatic heterocycles. The molecule has 1 aromatic carbocycles. The Morgan fingerprint density at radius 1 is 1.58 bits per heavy atom. The number of rotatable bonds is 4. The number of nitro groups is 1.